The molecule has 28 heavy (non-hydrogen) atoms. The van der Waals surface area contributed by atoms with E-state index >= 15 is 0 Å². The second kappa shape index (κ2) is 7.59. The predicted molar refractivity (Wildman–Crippen MR) is 105 cm³/mol. The Labute approximate surface area is 162 Å². The van der Waals surface area contributed by atoms with Gasteiger partial charge in [0.25, 0.3) is 5.91 Å². The summed E-state index contributed by atoms with van der Waals surface area (Å²) in [5.41, 5.74) is 1.74. The molecule has 0 saturated carbocycles. The van der Waals surface area contributed by atoms with Gasteiger partial charge in [0, 0.05) is 56.1 Å². The minimum absolute atomic E-state index is 0.0000206. The number of pyridine rings is 1. The van der Waals surface area contributed by atoms with Crippen LogP contribution >= 0.6 is 0 Å². The molecule has 1 aromatic carbocycles. The maximum Gasteiger partial charge on any atom is 0.253 e. The molecular weight excluding hydrogens is 362 g/mol. The van der Waals surface area contributed by atoms with Crippen molar-refractivity contribution in [2.75, 3.05) is 38.1 Å². The first-order valence-corrected chi connectivity index (χ1v) is 9.28. The van der Waals surface area contributed by atoms with Gasteiger partial charge in [-0.3, -0.25) is 4.79 Å². The molecule has 2 aromatic heterocycles. The zero-order valence-electron chi connectivity index (χ0n) is 15.7. The van der Waals surface area contributed by atoms with E-state index in [4.69, 9.17) is 0 Å². The molecule has 1 saturated heterocycles. The number of fused-ring (bicyclic) bond motifs is 1. The Morgan fingerprint density at radius 1 is 1.04 bits per heavy atom. The summed E-state index contributed by atoms with van der Waals surface area (Å²) in [6.45, 7) is 3.86. The van der Waals surface area contributed by atoms with Gasteiger partial charge >= 0.3 is 0 Å². The Bertz CT molecular complexity index is 1010. The Morgan fingerprint density at radius 2 is 1.79 bits per heavy atom. The van der Waals surface area contributed by atoms with Crippen LogP contribution in [-0.4, -0.2) is 48.4 Å². The highest BCUT2D eigenvalue weighted by molar-refractivity contribution is 5.94. The second-order valence-electron chi connectivity index (χ2n) is 7.11. The van der Waals surface area contributed by atoms with Crippen molar-refractivity contribution in [3.05, 3.63) is 71.4 Å². The molecule has 0 spiro atoms. The molecule has 1 aliphatic heterocycles. The molecule has 5 nitrogen and oxygen atoms in total. The van der Waals surface area contributed by atoms with E-state index in [-0.39, 0.29) is 18.0 Å². The maximum absolute atomic E-state index is 13.8. The standard InChI is InChI=1S/C21H22F2N4O/c1-25-8-10-26(11-9-25)20-7-6-18-5-3-16(14-27(18)20)21(28)24-13-15-2-4-17(22)12-19(15)23/h2-7,12,14H,8-11,13H2,1H3,(H,24,28). The molecule has 0 bridgehead atoms. The van der Waals surface area contributed by atoms with E-state index in [1.165, 1.54) is 12.1 Å². The lowest BCUT2D eigenvalue weighted by molar-refractivity contribution is 0.0950. The number of nitrogens with zero attached hydrogens (tertiary/aromatic N) is 3. The average molecular weight is 384 g/mol. The van der Waals surface area contributed by atoms with Crippen LogP contribution in [0.3, 0.4) is 0 Å². The number of amides is 1. The van der Waals surface area contributed by atoms with Gasteiger partial charge in [0.1, 0.15) is 17.5 Å². The van der Waals surface area contributed by atoms with Gasteiger partial charge in [-0.25, -0.2) is 8.78 Å². The van der Waals surface area contributed by atoms with Crippen molar-refractivity contribution < 1.29 is 13.6 Å². The molecule has 0 radical (unpaired) electrons. The number of likely N-dealkylation sites (N-methyl/N-ethyl adjacent to an activating group) is 1. The number of hydrogen-bond donors (Lipinski definition) is 1. The van der Waals surface area contributed by atoms with Gasteiger partial charge in [-0.15, -0.1) is 0 Å². The van der Waals surface area contributed by atoms with E-state index in [1.54, 1.807) is 12.3 Å². The van der Waals surface area contributed by atoms with Crippen LogP contribution in [0.25, 0.3) is 5.52 Å². The number of benzene rings is 1. The largest absolute Gasteiger partial charge is 0.355 e. The molecule has 1 fully saturated rings. The van der Waals surface area contributed by atoms with Crippen LogP contribution in [0.2, 0.25) is 0 Å². The summed E-state index contributed by atoms with van der Waals surface area (Å²) in [5, 5.41) is 2.70. The highest BCUT2D eigenvalue weighted by atomic mass is 19.1. The number of hydrogen-bond acceptors (Lipinski definition) is 3. The van der Waals surface area contributed by atoms with E-state index in [1.807, 2.05) is 16.5 Å². The van der Waals surface area contributed by atoms with Crippen molar-refractivity contribution in [2.24, 2.45) is 0 Å². The molecular formula is C21H22F2N4O. The number of aromatic nitrogens is 1. The van der Waals surface area contributed by atoms with E-state index in [0.29, 0.717) is 5.56 Å². The van der Waals surface area contributed by atoms with Crippen LogP contribution in [-0.2, 0) is 6.54 Å². The summed E-state index contributed by atoms with van der Waals surface area (Å²) in [6.07, 6.45) is 1.80. The topological polar surface area (TPSA) is 40.0 Å². The van der Waals surface area contributed by atoms with Crippen LogP contribution in [0.4, 0.5) is 14.6 Å². The Kier molecular flexibility index (Phi) is 5.00. The fraction of sp³-hybridized carbons (Fsp3) is 0.286. The van der Waals surface area contributed by atoms with Crippen molar-refractivity contribution in [1.29, 1.82) is 0 Å². The molecule has 0 aliphatic carbocycles. The lowest BCUT2D eigenvalue weighted by atomic mass is 10.2. The third kappa shape index (κ3) is 3.71. The smallest absolute Gasteiger partial charge is 0.253 e. The lowest BCUT2D eigenvalue weighted by Gasteiger charge is -2.33. The number of piperazine rings is 1. The molecule has 146 valence electrons. The first kappa shape index (κ1) is 18.4. The zero-order valence-corrected chi connectivity index (χ0v) is 15.7. The summed E-state index contributed by atoms with van der Waals surface area (Å²) in [4.78, 5) is 17.2. The third-order valence-corrected chi connectivity index (χ3v) is 5.17. The van der Waals surface area contributed by atoms with E-state index in [0.717, 1.165) is 43.6 Å². The fourth-order valence-corrected chi connectivity index (χ4v) is 3.46. The van der Waals surface area contributed by atoms with Crippen molar-refractivity contribution in [1.82, 2.24) is 14.6 Å². The molecule has 0 atom stereocenters. The maximum atomic E-state index is 13.8. The Hall–Kier alpha value is -2.93. The van der Waals surface area contributed by atoms with Gasteiger partial charge in [0.15, 0.2) is 0 Å². The van der Waals surface area contributed by atoms with Crippen molar-refractivity contribution in [3.8, 4) is 0 Å². The van der Waals surface area contributed by atoms with Gasteiger partial charge in [-0.2, -0.15) is 0 Å². The molecule has 0 unspecified atom stereocenters. The van der Waals surface area contributed by atoms with Gasteiger partial charge in [0.2, 0.25) is 0 Å². The summed E-state index contributed by atoms with van der Waals surface area (Å²) >= 11 is 0. The monoisotopic (exact) mass is 384 g/mol. The molecule has 1 N–H and O–H groups in total. The summed E-state index contributed by atoms with van der Waals surface area (Å²) in [6, 6.07) is 11.1. The Balaban J connectivity index is 1.52. The highest BCUT2D eigenvalue weighted by Crippen LogP contribution is 2.21. The van der Waals surface area contributed by atoms with Gasteiger partial charge in [0.05, 0.1) is 5.56 Å². The van der Waals surface area contributed by atoms with Crippen LogP contribution in [0.1, 0.15) is 15.9 Å². The van der Waals surface area contributed by atoms with Crippen molar-refractivity contribution >= 4 is 17.2 Å². The van der Waals surface area contributed by atoms with Crippen molar-refractivity contribution in [3.63, 3.8) is 0 Å². The summed E-state index contributed by atoms with van der Waals surface area (Å²) in [5.74, 6) is -0.549. The molecule has 3 aromatic rings. The van der Waals surface area contributed by atoms with Gasteiger partial charge < -0.3 is 19.5 Å². The van der Waals surface area contributed by atoms with Crippen molar-refractivity contribution in [2.45, 2.75) is 6.54 Å². The fourth-order valence-electron chi connectivity index (χ4n) is 3.46. The number of carbonyl (C=O) groups is 1. The van der Waals surface area contributed by atoms with Crippen LogP contribution < -0.4 is 10.2 Å². The number of carbonyl (C=O) groups excluding carboxylic acids is 1. The molecule has 3 heterocycles. The zero-order chi connectivity index (χ0) is 19.7. The normalized spacial score (nSPS) is 15.2. The molecule has 7 heteroatoms. The first-order chi connectivity index (χ1) is 13.5. The minimum Gasteiger partial charge on any atom is -0.355 e. The number of anilines is 1. The quantitative estimate of drug-likeness (QED) is 0.752. The van der Waals surface area contributed by atoms with Gasteiger partial charge in [-0.1, -0.05) is 6.07 Å². The lowest BCUT2D eigenvalue weighted by Crippen LogP contribution is -2.44. The number of halogens is 2. The summed E-state index contributed by atoms with van der Waals surface area (Å²) < 4.78 is 28.8. The van der Waals surface area contributed by atoms with E-state index in [9.17, 15) is 13.6 Å². The van der Waals surface area contributed by atoms with Crippen LogP contribution in [0, 0.1) is 11.6 Å². The third-order valence-electron chi connectivity index (χ3n) is 5.17. The van der Waals surface area contributed by atoms with Gasteiger partial charge in [-0.05, 0) is 37.4 Å². The summed E-state index contributed by atoms with van der Waals surface area (Å²) in [7, 11) is 2.11. The highest BCUT2D eigenvalue weighted by Gasteiger charge is 2.17. The number of rotatable bonds is 4. The molecule has 1 aliphatic rings. The van der Waals surface area contributed by atoms with Crippen LogP contribution in [0.5, 0.6) is 0 Å². The molecule has 1 amide bonds. The molecule has 4 rings (SSSR count). The Morgan fingerprint density at radius 3 is 2.54 bits per heavy atom. The SMILES string of the molecule is CN1CCN(c2ccc3ccc(C(=O)NCc4ccc(F)cc4F)cn23)CC1. The second-order valence-corrected chi connectivity index (χ2v) is 7.11. The van der Waals surface area contributed by atoms with Crippen LogP contribution in [0.15, 0.2) is 48.7 Å². The van der Waals surface area contributed by atoms with E-state index < -0.39 is 11.6 Å². The predicted octanol–water partition coefficient (Wildman–Crippen LogP) is 2.90. The van der Waals surface area contributed by atoms with E-state index in [2.05, 4.69) is 28.2 Å². The minimum atomic E-state index is -0.668. The number of nitrogens with one attached hydrogen (secondary N) is 1. The average Bonchev–Trinajstić information content (AvgIpc) is 3.11. The first-order valence-electron chi connectivity index (χ1n) is 9.28.